The van der Waals surface area contributed by atoms with Gasteiger partial charge in [-0.05, 0) is 12.1 Å². The first-order valence-electron chi connectivity index (χ1n) is 8.11. The fourth-order valence-electron chi connectivity index (χ4n) is 2.62. The summed E-state index contributed by atoms with van der Waals surface area (Å²) in [5, 5.41) is 11.0. The van der Waals surface area contributed by atoms with Gasteiger partial charge in [0.05, 0.1) is 18.1 Å². The minimum atomic E-state index is -0.750. The van der Waals surface area contributed by atoms with E-state index in [0.29, 0.717) is 11.5 Å². The van der Waals surface area contributed by atoms with Gasteiger partial charge >= 0.3 is 0 Å². The maximum absolute atomic E-state index is 12.2. The van der Waals surface area contributed by atoms with Crippen LogP contribution in [0.15, 0.2) is 65.9 Å². The van der Waals surface area contributed by atoms with Gasteiger partial charge in [-0.2, -0.15) is 10.2 Å². The maximum Gasteiger partial charge on any atom is 0.284 e. The first-order valence-corrected chi connectivity index (χ1v) is 8.11. The molecule has 1 aromatic heterocycles. The molecule has 1 aliphatic rings. The van der Waals surface area contributed by atoms with E-state index in [0.717, 1.165) is 16.8 Å². The van der Waals surface area contributed by atoms with E-state index in [9.17, 15) is 4.79 Å². The van der Waals surface area contributed by atoms with Crippen molar-refractivity contribution in [3.05, 3.63) is 66.4 Å². The van der Waals surface area contributed by atoms with E-state index in [1.807, 2.05) is 42.5 Å². The van der Waals surface area contributed by atoms with E-state index in [1.54, 1.807) is 24.5 Å². The number of H-pyrrole nitrogens is 1. The summed E-state index contributed by atoms with van der Waals surface area (Å²) in [6.07, 6.45) is 2.44. The predicted octanol–water partition coefficient (Wildman–Crippen LogP) is 2.37. The van der Waals surface area contributed by atoms with Crippen LogP contribution < -0.4 is 14.9 Å². The fourth-order valence-corrected chi connectivity index (χ4v) is 2.62. The minimum absolute atomic E-state index is 0.138. The number of amides is 1. The molecule has 1 atom stereocenters. The third-order valence-corrected chi connectivity index (χ3v) is 3.91. The minimum Gasteiger partial charge on any atom is -0.485 e. The van der Waals surface area contributed by atoms with Gasteiger partial charge in [0.25, 0.3) is 5.91 Å². The lowest BCUT2D eigenvalue weighted by atomic mass is 10.1. The zero-order valence-corrected chi connectivity index (χ0v) is 13.8. The van der Waals surface area contributed by atoms with Crippen LogP contribution in [0.1, 0.15) is 5.56 Å². The smallest absolute Gasteiger partial charge is 0.284 e. The van der Waals surface area contributed by atoms with Gasteiger partial charge in [-0.3, -0.25) is 9.89 Å². The van der Waals surface area contributed by atoms with Gasteiger partial charge in [-0.25, -0.2) is 5.43 Å². The molecule has 0 bridgehead atoms. The molecule has 1 unspecified atom stereocenters. The summed E-state index contributed by atoms with van der Waals surface area (Å²) in [6.45, 7) is 0.138. The van der Waals surface area contributed by atoms with Gasteiger partial charge in [-0.15, -0.1) is 0 Å². The number of aromatic amines is 1. The van der Waals surface area contributed by atoms with Crippen molar-refractivity contribution in [2.45, 2.75) is 6.10 Å². The van der Waals surface area contributed by atoms with Crippen molar-refractivity contribution in [3.63, 3.8) is 0 Å². The number of aromatic nitrogens is 2. The van der Waals surface area contributed by atoms with Gasteiger partial charge in [0.2, 0.25) is 6.10 Å². The van der Waals surface area contributed by atoms with Crippen LogP contribution in [0.5, 0.6) is 11.5 Å². The summed E-state index contributed by atoms with van der Waals surface area (Å²) < 4.78 is 11.2. The van der Waals surface area contributed by atoms with Gasteiger partial charge in [-0.1, -0.05) is 42.5 Å². The first-order chi connectivity index (χ1) is 12.8. The number of nitrogens with one attached hydrogen (secondary N) is 2. The Labute approximate surface area is 149 Å². The second kappa shape index (κ2) is 7.10. The van der Waals surface area contributed by atoms with Crippen LogP contribution >= 0.6 is 0 Å². The van der Waals surface area contributed by atoms with Crippen molar-refractivity contribution in [3.8, 4) is 22.8 Å². The Hall–Kier alpha value is -3.61. The van der Waals surface area contributed by atoms with Gasteiger partial charge in [0.15, 0.2) is 11.5 Å². The molecule has 0 spiro atoms. The number of rotatable bonds is 4. The lowest BCUT2D eigenvalue weighted by molar-refractivity contribution is -0.130. The summed E-state index contributed by atoms with van der Waals surface area (Å²) in [5.74, 6) is 0.801. The van der Waals surface area contributed by atoms with Gasteiger partial charge < -0.3 is 9.47 Å². The van der Waals surface area contributed by atoms with Crippen LogP contribution in [0.25, 0.3) is 11.3 Å². The molecule has 2 heterocycles. The second-order valence-corrected chi connectivity index (χ2v) is 5.66. The van der Waals surface area contributed by atoms with Crippen molar-refractivity contribution >= 4 is 12.1 Å². The van der Waals surface area contributed by atoms with Crippen molar-refractivity contribution in [2.75, 3.05) is 6.61 Å². The number of para-hydroxylation sites is 2. The lowest BCUT2D eigenvalue weighted by Gasteiger charge is -2.24. The average molecular weight is 348 g/mol. The molecular formula is C19H16N4O3. The number of hydrazone groups is 1. The summed E-state index contributed by atoms with van der Waals surface area (Å²) in [5.41, 5.74) is 5.06. The van der Waals surface area contributed by atoms with Crippen LogP contribution in [0.4, 0.5) is 0 Å². The van der Waals surface area contributed by atoms with E-state index in [2.05, 4.69) is 20.7 Å². The molecule has 1 aliphatic heterocycles. The topological polar surface area (TPSA) is 88.6 Å². The molecule has 4 rings (SSSR count). The number of nitrogens with zero attached hydrogens (tertiary/aromatic N) is 2. The van der Waals surface area contributed by atoms with Crippen molar-refractivity contribution in [1.29, 1.82) is 0 Å². The molecule has 7 heteroatoms. The first kappa shape index (κ1) is 15.9. The Morgan fingerprint density at radius 1 is 1.15 bits per heavy atom. The average Bonchev–Trinajstić information content (AvgIpc) is 3.17. The van der Waals surface area contributed by atoms with Gasteiger partial charge in [0, 0.05) is 11.1 Å². The predicted molar refractivity (Wildman–Crippen MR) is 96.1 cm³/mol. The number of benzene rings is 2. The number of hydrogen-bond donors (Lipinski definition) is 2. The lowest BCUT2D eigenvalue weighted by Crippen LogP contribution is -2.42. The standard InChI is InChI=1S/C19H16N4O3/c24-19(17-12-25-15-8-4-5-9-16(15)26-17)23-21-11-14-10-20-22-18(14)13-6-2-1-3-7-13/h1-11,17H,12H2,(H,20,22)(H,23,24)/b21-11+. The Bertz CT molecular complexity index is 937. The van der Waals surface area contributed by atoms with Crippen LogP contribution in [-0.4, -0.2) is 35.0 Å². The zero-order chi connectivity index (χ0) is 17.8. The summed E-state index contributed by atoms with van der Waals surface area (Å²) in [7, 11) is 0. The van der Waals surface area contributed by atoms with Crippen LogP contribution in [-0.2, 0) is 4.79 Å². The monoisotopic (exact) mass is 348 g/mol. The SMILES string of the molecule is O=C(N/N=C/c1cn[nH]c1-c1ccccc1)C1COc2ccccc2O1. The van der Waals surface area contributed by atoms with Crippen molar-refractivity contribution < 1.29 is 14.3 Å². The largest absolute Gasteiger partial charge is 0.485 e. The third kappa shape index (κ3) is 3.27. The molecule has 7 nitrogen and oxygen atoms in total. The highest BCUT2D eigenvalue weighted by Crippen LogP contribution is 2.30. The van der Waals surface area contributed by atoms with E-state index >= 15 is 0 Å². The molecule has 26 heavy (non-hydrogen) atoms. The Balaban J connectivity index is 1.41. The zero-order valence-electron chi connectivity index (χ0n) is 13.8. The number of carbonyl (C=O) groups excluding carboxylic acids is 1. The highest BCUT2D eigenvalue weighted by atomic mass is 16.6. The highest BCUT2D eigenvalue weighted by Gasteiger charge is 2.27. The molecule has 0 saturated carbocycles. The fraction of sp³-hybridized carbons (Fsp3) is 0.105. The molecule has 1 amide bonds. The molecule has 0 aliphatic carbocycles. The number of fused-ring (bicyclic) bond motifs is 1. The molecule has 0 fully saturated rings. The molecular weight excluding hydrogens is 332 g/mol. The molecule has 2 aromatic carbocycles. The van der Waals surface area contributed by atoms with Crippen LogP contribution in [0.2, 0.25) is 0 Å². The number of hydrogen-bond acceptors (Lipinski definition) is 5. The summed E-state index contributed by atoms with van der Waals surface area (Å²) >= 11 is 0. The molecule has 130 valence electrons. The van der Waals surface area contributed by atoms with Gasteiger partial charge in [0.1, 0.15) is 6.61 Å². The maximum atomic E-state index is 12.2. The Kier molecular flexibility index (Phi) is 4.34. The molecule has 0 saturated heterocycles. The molecule has 0 radical (unpaired) electrons. The normalized spacial score (nSPS) is 15.8. The van der Waals surface area contributed by atoms with E-state index in [1.165, 1.54) is 0 Å². The number of ether oxygens (including phenoxy) is 2. The second-order valence-electron chi connectivity index (χ2n) is 5.66. The Morgan fingerprint density at radius 2 is 1.92 bits per heavy atom. The quantitative estimate of drug-likeness (QED) is 0.560. The molecule has 2 N–H and O–H groups in total. The number of carbonyl (C=O) groups is 1. The van der Waals surface area contributed by atoms with Crippen LogP contribution in [0, 0.1) is 0 Å². The van der Waals surface area contributed by atoms with Crippen molar-refractivity contribution in [1.82, 2.24) is 15.6 Å². The highest BCUT2D eigenvalue weighted by molar-refractivity contribution is 5.90. The third-order valence-electron chi connectivity index (χ3n) is 3.91. The Morgan fingerprint density at radius 3 is 2.77 bits per heavy atom. The van der Waals surface area contributed by atoms with Crippen molar-refractivity contribution in [2.24, 2.45) is 5.10 Å². The van der Waals surface area contributed by atoms with E-state index < -0.39 is 6.10 Å². The summed E-state index contributed by atoms with van der Waals surface area (Å²) in [4.78, 5) is 12.2. The van der Waals surface area contributed by atoms with Crippen LogP contribution in [0.3, 0.4) is 0 Å². The van der Waals surface area contributed by atoms with E-state index in [-0.39, 0.29) is 12.5 Å². The summed E-state index contributed by atoms with van der Waals surface area (Å²) in [6, 6.07) is 17.0. The van der Waals surface area contributed by atoms with E-state index in [4.69, 9.17) is 9.47 Å². The molecule has 3 aromatic rings.